The molecule has 0 saturated heterocycles. The van der Waals surface area contributed by atoms with E-state index < -0.39 is 5.97 Å². The second-order valence-corrected chi connectivity index (χ2v) is 3.11. The highest BCUT2D eigenvalue weighted by Gasteiger charge is 2.04. The zero-order valence-electron chi connectivity index (χ0n) is 9.88. The lowest BCUT2D eigenvalue weighted by molar-refractivity contribution is -0.141. The van der Waals surface area contributed by atoms with E-state index in [4.69, 9.17) is 4.74 Å². The van der Waals surface area contributed by atoms with Crippen molar-refractivity contribution in [1.82, 2.24) is 10.6 Å². The lowest BCUT2D eigenvalue weighted by Crippen LogP contribution is -2.39. The zero-order valence-corrected chi connectivity index (χ0v) is 9.88. The first-order chi connectivity index (χ1) is 7.70. The number of hydrogen-bond donors (Lipinski definition) is 2. The minimum atomic E-state index is -0.433. The van der Waals surface area contributed by atoms with Crippen LogP contribution < -0.4 is 10.6 Å². The van der Waals surface area contributed by atoms with Crippen LogP contribution in [-0.2, 0) is 14.3 Å². The molecule has 0 rings (SSSR count). The predicted octanol–water partition coefficient (Wildman–Crippen LogP) is 0.275. The number of esters is 1. The Morgan fingerprint density at radius 2 is 1.94 bits per heavy atom. The molecule has 0 aromatic heterocycles. The van der Waals surface area contributed by atoms with Crippen molar-refractivity contribution >= 4 is 12.0 Å². The van der Waals surface area contributed by atoms with Crippen LogP contribution in [0.3, 0.4) is 0 Å². The normalized spacial score (nSPS) is 9.62. The number of carbonyl (C=O) groups excluding carboxylic acids is 2. The summed E-state index contributed by atoms with van der Waals surface area (Å²) in [6.45, 7) is 3.19. The average molecular weight is 232 g/mol. The molecule has 0 atom stereocenters. The van der Waals surface area contributed by atoms with Crippen LogP contribution >= 0.6 is 0 Å². The van der Waals surface area contributed by atoms with E-state index in [0.717, 1.165) is 12.8 Å². The molecule has 0 aromatic carbocycles. The van der Waals surface area contributed by atoms with E-state index in [1.807, 2.05) is 0 Å². The molecule has 0 aliphatic rings. The average Bonchev–Trinajstić information content (AvgIpc) is 2.26. The van der Waals surface area contributed by atoms with Gasteiger partial charge in [0.1, 0.15) is 6.54 Å². The van der Waals surface area contributed by atoms with Gasteiger partial charge >= 0.3 is 12.0 Å². The summed E-state index contributed by atoms with van der Waals surface area (Å²) in [6, 6.07) is -0.356. The number of rotatable bonds is 8. The second kappa shape index (κ2) is 10.2. The number of nitrogens with one attached hydrogen (secondary N) is 2. The number of urea groups is 1. The van der Waals surface area contributed by atoms with Crippen molar-refractivity contribution in [1.29, 1.82) is 0 Å². The van der Waals surface area contributed by atoms with Crippen molar-refractivity contribution in [2.24, 2.45) is 0 Å². The lowest BCUT2D eigenvalue weighted by Gasteiger charge is -2.06. The van der Waals surface area contributed by atoms with Crippen LogP contribution in [0.5, 0.6) is 0 Å². The van der Waals surface area contributed by atoms with Crippen molar-refractivity contribution in [3.05, 3.63) is 0 Å². The van der Waals surface area contributed by atoms with Crippen LogP contribution in [0.15, 0.2) is 0 Å². The molecule has 0 aromatic rings. The van der Waals surface area contributed by atoms with Crippen molar-refractivity contribution in [2.45, 2.75) is 19.8 Å². The number of amides is 2. The number of unbranched alkanes of at least 4 members (excludes halogenated alkanes) is 1. The molecule has 0 spiro atoms. The Labute approximate surface area is 95.7 Å². The van der Waals surface area contributed by atoms with Crippen molar-refractivity contribution in [3.8, 4) is 0 Å². The number of methoxy groups -OCH3 is 1. The van der Waals surface area contributed by atoms with E-state index >= 15 is 0 Å². The first-order valence-corrected chi connectivity index (χ1v) is 5.37. The summed E-state index contributed by atoms with van der Waals surface area (Å²) in [5.41, 5.74) is 0. The second-order valence-electron chi connectivity index (χ2n) is 3.11. The van der Waals surface area contributed by atoms with E-state index in [2.05, 4.69) is 15.4 Å². The van der Waals surface area contributed by atoms with Gasteiger partial charge in [-0.1, -0.05) is 0 Å². The zero-order chi connectivity index (χ0) is 12.2. The Hall–Kier alpha value is -1.30. The van der Waals surface area contributed by atoms with Crippen LogP contribution in [0, 0.1) is 0 Å². The number of hydrogen-bond acceptors (Lipinski definition) is 4. The van der Waals surface area contributed by atoms with Gasteiger partial charge in [-0.25, -0.2) is 4.79 Å². The van der Waals surface area contributed by atoms with Gasteiger partial charge in [0, 0.05) is 20.3 Å². The molecule has 0 aliphatic carbocycles. The Kier molecular flexibility index (Phi) is 9.39. The van der Waals surface area contributed by atoms with E-state index in [-0.39, 0.29) is 12.6 Å². The summed E-state index contributed by atoms with van der Waals surface area (Å²) < 4.78 is 9.52. The molecule has 0 radical (unpaired) electrons. The number of ether oxygens (including phenoxy) is 2. The van der Waals surface area contributed by atoms with Gasteiger partial charge in [0.2, 0.25) is 0 Å². The quantitative estimate of drug-likeness (QED) is 0.465. The molecule has 94 valence electrons. The molecule has 2 N–H and O–H groups in total. The third kappa shape index (κ3) is 9.26. The predicted molar refractivity (Wildman–Crippen MR) is 59.1 cm³/mol. The van der Waals surface area contributed by atoms with Crippen LogP contribution in [0.2, 0.25) is 0 Å². The van der Waals surface area contributed by atoms with Gasteiger partial charge in [-0.05, 0) is 19.8 Å². The molecule has 0 heterocycles. The van der Waals surface area contributed by atoms with Gasteiger partial charge in [0.25, 0.3) is 0 Å². The van der Waals surface area contributed by atoms with Crippen LogP contribution in [0.4, 0.5) is 4.79 Å². The third-order valence-electron chi connectivity index (χ3n) is 1.76. The molecule has 0 saturated carbocycles. The Bertz CT molecular complexity index is 209. The molecule has 0 fully saturated rings. The van der Waals surface area contributed by atoms with Gasteiger partial charge in [0.05, 0.1) is 6.61 Å². The molecular weight excluding hydrogens is 212 g/mol. The monoisotopic (exact) mass is 232 g/mol. The first kappa shape index (κ1) is 14.7. The van der Waals surface area contributed by atoms with Gasteiger partial charge < -0.3 is 20.1 Å². The SMILES string of the molecule is CCOC(=O)CNC(=O)NCCCCOC. The van der Waals surface area contributed by atoms with Crippen molar-refractivity contribution in [3.63, 3.8) is 0 Å². The van der Waals surface area contributed by atoms with E-state index in [1.54, 1.807) is 14.0 Å². The first-order valence-electron chi connectivity index (χ1n) is 5.37. The fraction of sp³-hybridized carbons (Fsp3) is 0.800. The van der Waals surface area contributed by atoms with Crippen LogP contribution in [0.25, 0.3) is 0 Å². The molecule has 2 amide bonds. The minimum absolute atomic E-state index is 0.0995. The maximum Gasteiger partial charge on any atom is 0.325 e. The topological polar surface area (TPSA) is 76.7 Å². The summed E-state index contributed by atoms with van der Waals surface area (Å²) >= 11 is 0. The molecular formula is C10H20N2O4. The summed E-state index contributed by atoms with van der Waals surface area (Å²) in [5.74, 6) is -0.433. The fourth-order valence-corrected chi connectivity index (χ4v) is 1.00. The third-order valence-corrected chi connectivity index (χ3v) is 1.76. The molecule has 0 bridgehead atoms. The Morgan fingerprint density at radius 1 is 1.19 bits per heavy atom. The maximum absolute atomic E-state index is 11.1. The summed E-state index contributed by atoms with van der Waals surface area (Å²) in [7, 11) is 1.64. The largest absolute Gasteiger partial charge is 0.465 e. The van der Waals surface area contributed by atoms with Crippen molar-refractivity contribution < 1.29 is 19.1 Å². The van der Waals surface area contributed by atoms with Crippen LogP contribution in [-0.4, -0.2) is 45.4 Å². The minimum Gasteiger partial charge on any atom is -0.465 e. The fourth-order valence-electron chi connectivity index (χ4n) is 1.00. The van der Waals surface area contributed by atoms with E-state index in [9.17, 15) is 9.59 Å². The van der Waals surface area contributed by atoms with E-state index in [0.29, 0.717) is 19.8 Å². The Balaban J connectivity index is 3.34. The molecule has 0 unspecified atom stereocenters. The summed E-state index contributed by atoms with van der Waals surface area (Å²) in [5, 5.41) is 5.03. The van der Waals surface area contributed by atoms with Gasteiger partial charge in [-0.15, -0.1) is 0 Å². The summed E-state index contributed by atoms with van der Waals surface area (Å²) in [6.07, 6.45) is 1.75. The summed E-state index contributed by atoms with van der Waals surface area (Å²) in [4.78, 5) is 22.0. The molecule has 0 aliphatic heterocycles. The van der Waals surface area contributed by atoms with Gasteiger partial charge in [-0.3, -0.25) is 4.79 Å². The van der Waals surface area contributed by atoms with Crippen molar-refractivity contribution in [2.75, 3.05) is 33.4 Å². The van der Waals surface area contributed by atoms with Gasteiger partial charge in [0.15, 0.2) is 0 Å². The highest BCUT2D eigenvalue weighted by atomic mass is 16.5. The lowest BCUT2D eigenvalue weighted by atomic mass is 10.3. The van der Waals surface area contributed by atoms with E-state index in [1.165, 1.54) is 0 Å². The van der Waals surface area contributed by atoms with Crippen LogP contribution in [0.1, 0.15) is 19.8 Å². The Morgan fingerprint density at radius 3 is 2.56 bits per heavy atom. The maximum atomic E-state index is 11.1. The molecule has 16 heavy (non-hydrogen) atoms. The van der Waals surface area contributed by atoms with Gasteiger partial charge in [-0.2, -0.15) is 0 Å². The highest BCUT2D eigenvalue weighted by Crippen LogP contribution is 1.86. The molecule has 6 nitrogen and oxygen atoms in total. The standard InChI is InChI=1S/C10H20N2O4/c1-3-16-9(13)8-12-10(14)11-6-4-5-7-15-2/h3-8H2,1-2H3,(H2,11,12,14). The smallest absolute Gasteiger partial charge is 0.325 e. The highest BCUT2D eigenvalue weighted by molar-refractivity contribution is 5.80. The number of carbonyl (C=O) groups is 2. The molecule has 6 heteroatoms.